The Kier molecular flexibility index (Phi) is 4.08. The first-order valence-electron chi connectivity index (χ1n) is 6.62. The molecule has 0 saturated heterocycles. The van der Waals surface area contributed by atoms with E-state index in [0.717, 1.165) is 17.7 Å². The third-order valence-corrected chi connectivity index (χ3v) is 3.44. The Bertz CT molecular complexity index is 605. The SMILES string of the molecule is CCC(C)c1c(C(=O)OC)nn(-c2ccccc2)c1N. The van der Waals surface area contributed by atoms with E-state index < -0.39 is 5.97 Å². The van der Waals surface area contributed by atoms with Crippen LogP contribution >= 0.6 is 0 Å². The fourth-order valence-corrected chi connectivity index (χ4v) is 2.15. The first-order valence-corrected chi connectivity index (χ1v) is 6.62. The molecule has 0 aliphatic rings. The zero-order valence-electron chi connectivity index (χ0n) is 12.0. The summed E-state index contributed by atoms with van der Waals surface area (Å²) in [7, 11) is 1.35. The number of methoxy groups -OCH3 is 1. The van der Waals surface area contributed by atoms with E-state index in [4.69, 9.17) is 10.5 Å². The first-order chi connectivity index (χ1) is 9.60. The zero-order valence-corrected chi connectivity index (χ0v) is 12.0. The van der Waals surface area contributed by atoms with Crippen LogP contribution in [-0.4, -0.2) is 22.9 Å². The summed E-state index contributed by atoms with van der Waals surface area (Å²) in [4.78, 5) is 11.9. The minimum Gasteiger partial charge on any atom is -0.464 e. The Balaban J connectivity index is 2.61. The van der Waals surface area contributed by atoms with Crippen LogP contribution in [0.15, 0.2) is 30.3 Å². The number of aromatic nitrogens is 2. The molecule has 5 nitrogen and oxygen atoms in total. The largest absolute Gasteiger partial charge is 0.464 e. The highest BCUT2D eigenvalue weighted by Gasteiger charge is 2.25. The summed E-state index contributed by atoms with van der Waals surface area (Å²) >= 11 is 0. The van der Waals surface area contributed by atoms with Crippen LogP contribution in [0.3, 0.4) is 0 Å². The maximum atomic E-state index is 11.9. The van der Waals surface area contributed by atoms with Crippen molar-refractivity contribution in [2.45, 2.75) is 26.2 Å². The van der Waals surface area contributed by atoms with Gasteiger partial charge in [-0.3, -0.25) is 0 Å². The normalized spacial score (nSPS) is 12.2. The van der Waals surface area contributed by atoms with Gasteiger partial charge in [0.05, 0.1) is 12.8 Å². The van der Waals surface area contributed by atoms with E-state index in [1.807, 2.05) is 44.2 Å². The second kappa shape index (κ2) is 5.77. The molecule has 2 rings (SSSR count). The van der Waals surface area contributed by atoms with Gasteiger partial charge in [-0.2, -0.15) is 5.10 Å². The number of carbonyl (C=O) groups is 1. The predicted molar refractivity (Wildman–Crippen MR) is 78.0 cm³/mol. The molecule has 106 valence electrons. The first kappa shape index (κ1) is 14.1. The summed E-state index contributed by atoms with van der Waals surface area (Å²) in [6, 6.07) is 9.50. The van der Waals surface area contributed by atoms with E-state index in [1.54, 1.807) is 4.68 Å². The van der Waals surface area contributed by atoms with Crippen LogP contribution in [0.2, 0.25) is 0 Å². The van der Waals surface area contributed by atoms with Gasteiger partial charge >= 0.3 is 5.97 Å². The smallest absolute Gasteiger partial charge is 0.358 e. The third kappa shape index (κ3) is 2.39. The number of esters is 1. The molecule has 0 aliphatic heterocycles. The highest BCUT2D eigenvalue weighted by Crippen LogP contribution is 2.30. The van der Waals surface area contributed by atoms with Crippen molar-refractivity contribution in [3.05, 3.63) is 41.6 Å². The van der Waals surface area contributed by atoms with Gasteiger partial charge in [-0.05, 0) is 24.5 Å². The van der Waals surface area contributed by atoms with Gasteiger partial charge in [0, 0.05) is 5.56 Å². The third-order valence-electron chi connectivity index (χ3n) is 3.44. The second-order valence-corrected chi connectivity index (χ2v) is 4.70. The van der Waals surface area contributed by atoms with Gasteiger partial charge in [0.2, 0.25) is 0 Å². The molecule has 0 amide bonds. The molecular formula is C15H19N3O2. The molecule has 20 heavy (non-hydrogen) atoms. The second-order valence-electron chi connectivity index (χ2n) is 4.70. The Labute approximate surface area is 118 Å². The maximum Gasteiger partial charge on any atom is 0.358 e. The van der Waals surface area contributed by atoms with Crippen molar-refractivity contribution in [1.82, 2.24) is 9.78 Å². The Morgan fingerprint density at radius 1 is 1.40 bits per heavy atom. The van der Waals surface area contributed by atoms with E-state index in [2.05, 4.69) is 5.10 Å². The molecule has 2 aromatic rings. The van der Waals surface area contributed by atoms with Crippen LogP contribution in [0.4, 0.5) is 5.82 Å². The summed E-state index contributed by atoms with van der Waals surface area (Å²) in [5.74, 6) is 0.175. The maximum absolute atomic E-state index is 11.9. The summed E-state index contributed by atoms with van der Waals surface area (Å²) in [6.07, 6.45) is 0.870. The summed E-state index contributed by atoms with van der Waals surface area (Å²) in [5.41, 5.74) is 8.07. The van der Waals surface area contributed by atoms with Crippen molar-refractivity contribution in [1.29, 1.82) is 0 Å². The minimum absolute atomic E-state index is 0.140. The van der Waals surface area contributed by atoms with Gasteiger partial charge in [0.15, 0.2) is 5.69 Å². The van der Waals surface area contributed by atoms with Gasteiger partial charge in [-0.1, -0.05) is 32.0 Å². The molecule has 0 bridgehead atoms. The lowest BCUT2D eigenvalue weighted by Crippen LogP contribution is -2.07. The molecule has 0 fully saturated rings. The summed E-state index contributed by atoms with van der Waals surface area (Å²) in [6.45, 7) is 4.07. The quantitative estimate of drug-likeness (QED) is 0.869. The van der Waals surface area contributed by atoms with Crippen molar-refractivity contribution in [2.75, 3.05) is 12.8 Å². The Morgan fingerprint density at radius 3 is 2.60 bits per heavy atom. The number of hydrogen-bond donors (Lipinski definition) is 1. The number of nitrogens with two attached hydrogens (primary N) is 1. The minimum atomic E-state index is -0.457. The van der Waals surface area contributed by atoms with Crippen molar-refractivity contribution in [3.8, 4) is 5.69 Å². The zero-order chi connectivity index (χ0) is 14.7. The fourth-order valence-electron chi connectivity index (χ4n) is 2.15. The summed E-state index contributed by atoms with van der Waals surface area (Å²) < 4.78 is 6.40. The highest BCUT2D eigenvalue weighted by molar-refractivity contribution is 5.90. The van der Waals surface area contributed by atoms with Crippen LogP contribution in [-0.2, 0) is 4.74 Å². The van der Waals surface area contributed by atoms with Crippen molar-refractivity contribution in [3.63, 3.8) is 0 Å². The number of carbonyl (C=O) groups excluding carboxylic acids is 1. The van der Waals surface area contributed by atoms with E-state index in [0.29, 0.717) is 11.5 Å². The molecule has 1 aromatic carbocycles. The molecule has 0 spiro atoms. The van der Waals surface area contributed by atoms with Crippen molar-refractivity contribution in [2.24, 2.45) is 0 Å². The lowest BCUT2D eigenvalue weighted by atomic mass is 9.98. The van der Waals surface area contributed by atoms with Crippen LogP contribution < -0.4 is 5.73 Å². The number of rotatable bonds is 4. The van der Waals surface area contributed by atoms with Gasteiger partial charge in [-0.25, -0.2) is 9.48 Å². The number of nitrogen functional groups attached to an aromatic ring is 1. The molecule has 5 heteroatoms. The average Bonchev–Trinajstić information content (AvgIpc) is 2.84. The molecule has 0 saturated carbocycles. The lowest BCUT2D eigenvalue weighted by Gasteiger charge is -2.09. The topological polar surface area (TPSA) is 70.1 Å². The number of anilines is 1. The Hall–Kier alpha value is -2.30. The monoisotopic (exact) mass is 273 g/mol. The van der Waals surface area contributed by atoms with E-state index in [9.17, 15) is 4.79 Å². The van der Waals surface area contributed by atoms with Crippen molar-refractivity contribution < 1.29 is 9.53 Å². The van der Waals surface area contributed by atoms with E-state index in [1.165, 1.54) is 7.11 Å². The molecule has 1 heterocycles. The number of nitrogens with zero attached hydrogens (tertiary/aromatic N) is 2. The number of para-hydroxylation sites is 1. The van der Waals surface area contributed by atoms with E-state index in [-0.39, 0.29) is 5.92 Å². The molecule has 1 atom stereocenters. The predicted octanol–water partition coefficient (Wildman–Crippen LogP) is 2.75. The van der Waals surface area contributed by atoms with Gasteiger partial charge in [0.25, 0.3) is 0 Å². The molecule has 0 radical (unpaired) electrons. The highest BCUT2D eigenvalue weighted by atomic mass is 16.5. The van der Waals surface area contributed by atoms with Gasteiger partial charge in [0.1, 0.15) is 5.82 Å². The molecular weight excluding hydrogens is 254 g/mol. The molecule has 2 N–H and O–H groups in total. The summed E-state index contributed by atoms with van der Waals surface area (Å²) in [5, 5.41) is 4.34. The standard InChI is InChI=1S/C15H19N3O2/c1-4-10(2)12-13(15(19)20-3)17-18(14(12)16)11-8-6-5-7-9-11/h5-10H,4,16H2,1-3H3. The lowest BCUT2D eigenvalue weighted by molar-refractivity contribution is 0.0591. The van der Waals surface area contributed by atoms with Gasteiger partial charge < -0.3 is 10.5 Å². The van der Waals surface area contributed by atoms with Crippen LogP contribution in [0.1, 0.15) is 42.2 Å². The molecule has 1 aromatic heterocycles. The Morgan fingerprint density at radius 2 is 2.05 bits per heavy atom. The fraction of sp³-hybridized carbons (Fsp3) is 0.333. The van der Waals surface area contributed by atoms with E-state index >= 15 is 0 Å². The average molecular weight is 273 g/mol. The number of benzene rings is 1. The van der Waals surface area contributed by atoms with Crippen molar-refractivity contribution >= 4 is 11.8 Å². The molecule has 1 unspecified atom stereocenters. The number of hydrogen-bond acceptors (Lipinski definition) is 4. The number of ether oxygens (including phenoxy) is 1. The van der Waals surface area contributed by atoms with Gasteiger partial charge in [-0.15, -0.1) is 0 Å². The van der Waals surface area contributed by atoms with Crippen LogP contribution in [0.25, 0.3) is 5.69 Å². The van der Waals surface area contributed by atoms with Crippen LogP contribution in [0, 0.1) is 0 Å². The molecule has 0 aliphatic carbocycles. The van der Waals surface area contributed by atoms with Crippen LogP contribution in [0.5, 0.6) is 0 Å².